The molecule has 2 atom stereocenters. The first-order valence-corrected chi connectivity index (χ1v) is 7.63. The van der Waals surface area contributed by atoms with Crippen LogP contribution in [0.4, 0.5) is 13.2 Å². The van der Waals surface area contributed by atoms with Gasteiger partial charge in [-0.3, -0.25) is 4.79 Å². The standard InChI is InChI=1S/C10H11F3N2O2S2/c1-5-8(19-3-2-18-5)9-14-7(17-15-9)4-6(16)10(11,12)13/h5,8H,2-4H2,1H3. The van der Waals surface area contributed by atoms with Gasteiger partial charge in [0.2, 0.25) is 11.7 Å². The summed E-state index contributed by atoms with van der Waals surface area (Å²) in [4.78, 5) is 14.7. The number of carbonyl (C=O) groups is 1. The fraction of sp³-hybridized carbons (Fsp3) is 0.700. The predicted octanol–water partition coefficient (Wildman–Crippen LogP) is 2.65. The van der Waals surface area contributed by atoms with Crippen LogP contribution in [0.5, 0.6) is 0 Å². The number of carbonyl (C=O) groups excluding carboxylic acids is 1. The minimum Gasteiger partial charge on any atom is -0.339 e. The topological polar surface area (TPSA) is 56.0 Å². The van der Waals surface area contributed by atoms with Crippen molar-refractivity contribution in [2.75, 3.05) is 11.5 Å². The molecule has 0 bridgehead atoms. The van der Waals surface area contributed by atoms with Crippen LogP contribution in [0.25, 0.3) is 0 Å². The zero-order valence-corrected chi connectivity index (χ0v) is 11.6. The van der Waals surface area contributed by atoms with Crippen LogP contribution in [0.15, 0.2) is 4.52 Å². The zero-order valence-electron chi connectivity index (χ0n) is 9.94. The van der Waals surface area contributed by atoms with Crippen LogP contribution in [-0.2, 0) is 11.2 Å². The van der Waals surface area contributed by atoms with Crippen molar-refractivity contribution in [1.29, 1.82) is 0 Å². The predicted molar refractivity (Wildman–Crippen MR) is 66.2 cm³/mol. The molecule has 0 amide bonds. The Bertz CT molecular complexity index is 464. The lowest BCUT2D eigenvalue weighted by atomic mass is 10.2. The van der Waals surface area contributed by atoms with Gasteiger partial charge in [-0.25, -0.2) is 0 Å². The minimum absolute atomic E-state index is 0.00256. The molecule has 1 saturated heterocycles. The molecule has 0 N–H and O–H groups in total. The first kappa shape index (κ1) is 14.7. The van der Waals surface area contributed by atoms with Crippen LogP contribution in [-0.4, -0.2) is 38.9 Å². The molecule has 0 radical (unpaired) electrons. The first-order chi connectivity index (χ1) is 8.88. The van der Waals surface area contributed by atoms with E-state index in [1.165, 1.54) is 0 Å². The van der Waals surface area contributed by atoms with E-state index >= 15 is 0 Å². The Hall–Kier alpha value is -0.700. The van der Waals surface area contributed by atoms with Gasteiger partial charge in [0.05, 0.1) is 11.7 Å². The van der Waals surface area contributed by atoms with Gasteiger partial charge in [0.25, 0.3) is 0 Å². The van der Waals surface area contributed by atoms with Gasteiger partial charge in [-0.05, 0) is 0 Å². The van der Waals surface area contributed by atoms with Gasteiger partial charge in [-0.2, -0.15) is 29.9 Å². The lowest BCUT2D eigenvalue weighted by Crippen LogP contribution is -2.24. The Balaban J connectivity index is 2.04. The van der Waals surface area contributed by atoms with E-state index < -0.39 is 18.4 Å². The molecule has 2 rings (SSSR count). The number of aromatic nitrogens is 2. The molecule has 1 aliphatic heterocycles. The molecule has 4 nitrogen and oxygen atoms in total. The molecule has 1 aliphatic rings. The van der Waals surface area contributed by atoms with Gasteiger partial charge in [0.15, 0.2) is 5.82 Å². The van der Waals surface area contributed by atoms with Gasteiger partial charge in [0.1, 0.15) is 0 Å². The van der Waals surface area contributed by atoms with Crippen molar-refractivity contribution in [2.45, 2.75) is 30.0 Å². The Morgan fingerprint density at radius 2 is 2.11 bits per heavy atom. The van der Waals surface area contributed by atoms with Crippen LogP contribution in [0, 0.1) is 0 Å². The summed E-state index contributed by atoms with van der Waals surface area (Å²) < 4.78 is 41.1. The van der Waals surface area contributed by atoms with Crippen LogP contribution < -0.4 is 0 Å². The fourth-order valence-electron chi connectivity index (χ4n) is 1.61. The molecular formula is C10H11F3N2O2S2. The number of ketones is 1. The number of hydrogen-bond acceptors (Lipinski definition) is 6. The number of nitrogens with zero attached hydrogens (tertiary/aromatic N) is 2. The summed E-state index contributed by atoms with van der Waals surface area (Å²) in [6.45, 7) is 2.01. The molecule has 0 aromatic carbocycles. The molecule has 19 heavy (non-hydrogen) atoms. The monoisotopic (exact) mass is 312 g/mol. The number of hydrogen-bond donors (Lipinski definition) is 0. The summed E-state index contributed by atoms with van der Waals surface area (Å²) in [5, 5.41) is 3.95. The van der Waals surface area contributed by atoms with Crippen LogP contribution in [0.2, 0.25) is 0 Å². The maximum absolute atomic E-state index is 12.1. The maximum atomic E-state index is 12.1. The summed E-state index contributed by atoms with van der Waals surface area (Å²) >= 11 is 3.41. The highest BCUT2D eigenvalue weighted by Gasteiger charge is 2.39. The van der Waals surface area contributed by atoms with E-state index in [-0.39, 0.29) is 16.4 Å². The Kier molecular flexibility index (Phi) is 4.44. The van der Waals surface area contributed by atoms with Crippen molar-refractivity contribution in [3.05, 3.63) is 11.7 Å². The molecule has 1 aromatic rings. The van der Waals surface area contributed by atoms with E-state index in [0.29, 0.717) is 5.82 Å². The lowest BCUT2D eigenvalue weighted by Gasteiger charge is -2.24. The summed E-state index contributed by atoms with van der Waals surface area (Å²) in [6.07, 6.45) is -5.76. The molecule has 1 aromatic heterocycles. The third kappa shape index (κ3) is 3.65. The van der Waals surface area contributed by atoms with E-state index in [1.807, 2.05) is 6.92 Å². The molecule has 2 heterocycles. The van der Waals surface area contributed by atoms with Gasteiger partial charge in [0, 0.05) is 16.8 Å². The average molecular weight is 312 g/mol. The molecular weight excluding hydrogens is 301 g/mol. The fourth-order valence-corrected chi connectivity index (χ4v) is 4.29. The first-order valence-electron chi connectivity index (χ1n) is 5.53. The van der Waals surface area contributed by atoms with Crippen LogP contribution in [0.1, 0.15) is 23.9 Å². The SMILES string of the molecule is CC1SCCSC1c1noc(CC(=O)C(F)(F)F)n1. The number of rotatable bonds is 3. The lowest BCUT2D eigenvalue weighted by molar-refractivity contribution is -0.170. The molecule has 0 aliphatic carbocycles. The summed E-state index contributed by atoms with van der Waals surface area (Å²) in [5.41, 5.74) is 0. The molecule has 0 saturated carbocycles. The maximum Gasteiger partial charge on any atom is 0.450 e. The highest BCUT2D eigenvalue weighted by Crippen LogP contribution is 2.41. The van der Waals surface area contributed by atoms with Crippen molar-refractivity contribution >= 4 is 29.3 Å². The number of thioether (sulfide) groups is 2. The van der Waals surface area contributed by atoms with Crippen LogP contribution in [0.3, 0.4) is 0 Å². The highest BCUT2D eigenvalue weighted by atomic mass is 32.2. The second kappa shape index (κ2) is 5.74. The summed E-state index contributed by atoms with van der Waals surface area (Å²) in [5.74, 6) is 0.182. The third-order valence-electron chi connectivity index (χ3n) is 2.55. The van der Waals surface area contributed by atoms with E-state index in [9.17, 15) is 18.0 Å². The average Bonchev–Trinajstić information content (AvgIpc) is 2.76. The normalized spacial score (nSPS) is 24.4. The number of alkyl halides is 3. The largest absolute Gasteiger partial charge is 0.450 e. The van der Waals surface area contributed by atoms with E-state index in [4.69, 9.17) is 4.52 Å². The number of Topliss-reactive ketones (excluding diaryl/α,β-unsaturated/α-hetero) is 1. The van der Waals surface area contributed by atoms with Crippen molar-refractivity contribution in [1.82, 2.24) is 10.1 Å². The van der Waals surface area contributed by atoms with Crippen LogP contribution >= 0.6 is 23.5 Å². The smallest absolute Gasteiger partial charge is 0.339 e. The van der Waals surface area contributed by atoms with E-state index in [2.05, 4.69) is 10.1 Å². The second-order valence-corrected chi connectivity index (χ2v) is 6.75. The third-order valence-corrected chi connectivity index (χ3v) is 5.64. The molecule has 0 spiro atoms. The minimum atomic E-state index is -4.86. The second-order valence-electron chi connectivity index (χ2n) is 4.01. The van der Waals surface area contributed by atoms with Gasteiger partial charge >= 0.3 is 6.18 Å². The Labute approximate surface area is 115 Å². The van der Waals surface area contributed by atoms with Gasteiger partial charge in [-0.1, -0.05) is 12.1 Å². The number of halogens is 3. The molecule has 2 unspecified atom stereocenters. The van der Waals surface area contributed by atoms with Gasteiger partial charge in [-0.15, -0.1) is 11.8 Å². The summed E-state index contributed by atoms with van der Waals surface area (Å²) in [6, 6.07) is 0. The van der Waals surface area contributed by atoms with E-state index in [0.717, 1.165) is 11.5 Å². The zero-order chi connectivity index (χ0) is 14.0. The van der Waals surface area contributed by atoms with Crippen molar-refractivity contribution < 1.29 is 22.5 Å². The molecule has 9 heteroatoms. The van der Waals surface area contributed by atoms with Crippen molar-refractivity contribution in [2.24, 2.45) is 0 Å². The van der Waals surface area contributed by atoms with Gasteiger partial charge < -0.3 is 4.52 Å². The Morgan fingerprint density at radius 3 is 2.74 bits per heavy atom. The highest BCUT2D eigenvalue weighted by molar-refractivity contribution is 8.06. The molecule has 106 valence electrons. The quantitative estimate of drug-likeness (QED) is 0.855. The van der Waals surface area contributed by atoms with Crippen molar-refractivity contribution in [3.8, 4) is 0 Å². The van der Waals surface area contributed by atoms with E-state index in [1.54, 1.807) is 23.5 Å². The molecule has 1 fully saturated rings. The summed E-state index contributed by atoms with van der Waals surface area (Å²) in [7, 11) is 0. The van der Waals surface area contributed by atoms with Crippen molar-refractivity contribution in [3.63, 3.8) is 0 Å². The Morgan fingerprint density at radius 1 is 1.42 bits per heavy atom.